The van der Waals surface area contributed by atoms with Crippen LogP contribution in [-0.4, -0.2) is 0 Å². The summed E-state index contributed by atoms with van der Waals surface area (Å²) in [5.41, 5.74) is 8.12. The number of hydrogen-bond acceptors (Lipinski definition) is 0. The third-order valence-electron chi connectivity index (χ3n) is 3.57. The van der Waals surface area contributed by atoms with Crippen LogP contribution in [0, 0.1) is 13.8 Å². The van der Waals surface area contributed by atoms with Crippen LogP contribution >= 0.6 is 15.9 Å². The van der Waals surface area contributed by atoms with Gasteiger partial charge in [-0.15, -0.1) is 0 Å². The van der Waals surface area contributed by atoms with E-state index in [-0.39, 0.29) is 0 Å². The molecule has 1 aliphatic carbocycles. The van der Waals surface area contributed by atoms with Gasteiger partial charge in [-0.05, 0) is 54.2 Å². The second-order valence-electron chi connectivity index (χ2n) is 4.92. The minimum atomic E-state index is 1.04. The van der Waals surface area contributed by atoms with Crippen molar-refractivity contribution in [2.45, 2.75) is 20.3 Å². The maximum atomic E-state index is 3.68. The van der Waals surface area contributed by atoms with Gasteiger partial charge in [-0.3, -0.25) is 0 Å². The lowest BCUT2D eigenvalue weighted by atomic mass is 9.92. The van der Waals surface area contributed by atoms with Crippen LogP contribution in [0.25, 0.3) is 17.2 Å². The number of aryl methyl sites for hydroxylation is 2. The van der Waals surface area contributed by atoms with Gasteiger partial charge in [0.05, 0.1) is 0 Å². The second kappa shape index (κ2) is 4.40. The molecule has 1 heteroatoms. The molecule has 2 aromatic carbocycles. The number of halogens is 1. The first-order chi connectivity index (χ1) is 8.66. The summed E-state index contributed by atoms with van der Waals surface area (Å²) in [6.07, 6.45) is 5.53. The predicted molar refractivity (Wildman–Crippen MR) is 81.8 cm³/mol. The van der Waals surface area contributed by atoms with Crippen molar-refractivity contribution in [3.05, 3.63) is 63.1 Å². The summed E-state index contributed by atoms with van der Waals surface area (Å²) in [6.45, 7) is 4.31. The monoisotopic (exact) mass is 298 g/mol. The van der Waals surface area contributed by atoms with Crippen LogP contribution in [0.3, 0.4) is 0 Å². The Balaban J connectivity index is 2.26. The molecule has 0 nitrogen and oxygen atoms in total. The van der Waals surface area contributed by atoms with Crippen LogP contribution in [0.2, 0.25) is 0 Å². The number of allylic oxidation sites excluding steroid dienone is 1. The topological polar surface area (TPSA) is 0 Å². The van der Waals surface area contributed by atoms with Gasteiger partial charge >= 0.3 is 0 Å². The first kappa shape index (κ1) is 11.7. The molecule has 1 aliphatic rings. The number of hydrogen-bond donors (Lipinski definition) is 0. The summed E-state index contributed by atoms with van der Waals surface area (Å²) in [5, 5.41) is 0. The molecule has 0 bridgehead atoms. The molecule has 0 N–H and O–H groups in total. The number of benzene rings is 2. The molecule has 0 heterocycles. The van der Waals surface area contributed by atoms with Gasteiger partial charge in [0.1, 0.15) is 0 Å². The summed E-state index contributed by atoms with van der Waals surface area (Å²) in [6, 6.07) is 11.0. The molecule has 3 rings (SSSR count). The Hall–Kier alpha value is -1.34. The van der Waals surface area contributed by atoms with Crippen molar-refractivity contribution in [3.63, 3.8) is 0 Å². The Morgan fingerprint density at radius 2 is 1.78 bits per heavy atom. The standard InChI is InChI=1S/C17H15Br/c1-11-6-8-13(9-7-11)17-12(2)10-16(18)14-4-3-5-15(14)17/h3,5-10H,4H2,1-2H3. The van der Waals surface area contributed by atoms with E-state index in [1.165, 1.54) is 37.9 Å². The minimum Gasteiger partial charge on any atom is -0.0794 e. The smallest absolute Gasteiger partial charge is 0.0219 e. The Morgan fingerprint density at radius 1 is 1.06 bits per heavy atom. The van der Waals surface area contributed by atoms with Crippen molar-refractivity contribution in [1.82, 2.24) is 0 Å². The maximum Gasteiger partial charge on any atom is 0.0219 e. The first-order valence-electron chi connectivity index (χ1n) is 6.22. The summed E-state index contributed by atoms with van der Waals surface area (Å²) in [5.74, 6) is 0. The molecule has 90 valence electrons. The van der Waals surface area contributed by atoms with Crippen molar-refractivity contribution in [3.8, 4) is 11.1 Å². The van der Waals surface area contributed by atoms with Gasteiger partial charge in [0.15, 0.2) is 0 Å². The van der Waals surface area contributed by atoms with Gasteiger partial charge < -0.3 is 0 Å². The van der Waals surface area contributed by atoms with E-state index < -0.39 is 0 Å². The van der Waals surface area contributed by atoms with Crippen molar-refractivity contribution < 1.29 is 0 Å². The molecule has 0 radical (unpaired) electrons. The highest BCUT2D eigenvalue weighted by atomic mass is 79.9. The van der Waals surface area contributed by atoms with E-state index in [0.717, 1.165) is 6.42 Å². The Bertz CT molecular complexity index is 634. The van der Waals surface area contributed by atoms with Crippen LogP contribution < -0.4 is 0 Å². The number of rotatable bonds is 1. The van der Waals surface area contributed by atoms with Gasteiger partial charge in [-0.25, -0.2) is 0 Å². The van der Waals surface area contributed by atoms with Crippen LogP contribution in [0.5, 0.6) is 0 Å². The SMILES string of the molecule is Cc1ccc(-c2c(C)cc(Br)c3c2C=CC3)cc1. The zero-order valence-corrected chi connectivity index (χ0v) is 12.2. The van der Waals surface area contributed by atoms with Gasteiger partial charge in [0.25, 0.3) is 0 Å². The van der Waals surface area contributed by atoms with E-state index in [2.05, 4.69) is 72.3 Å². The molecule has 0 saturated heterocycles. The second-order valence-corrected chi connectivity index (χ2v) is 5.77. The molecule has 0 unspecified atom stereocenters. The predicted octanol–water partition coefficient (Wildman–Crippen LogP) is 5.30. The normalized spacial score (nSPS) is 12.8. The number of fused-ring (bicyclic) bond motifs is 1. The van der Waals surface area contributed by atoms with E-state index in [1.54, 1.807) is 0 Å². The summed E-state index contributed by atoms with van der Waals surface area (Å²) in [7, 11) is 0. The molecule has 0 aliphatic heterocycles. The first-order valence-corrected chi connectivity index (χ1v) is 7.01. The van der Waals surface area contributed by atoms with Crippen LogP contribution in [0.1, 0.15) is 22.3 Å². The van der Waals surface area contributed by atoms with Crippen molar-refractivity contribution in [1.29, 1.82) is 0 Å². The van der Waals surface area contributed by atoms with Crippen molar-refractivity contribution >= 4 is 22.0 Å². The van der Waals surface area contributed by atoms with Gasteiger partial charge in [0, 0.05) is 4.47 Å². The average Bonchev–Trinajstić information content (AvgIpc) is 2.81. The lowest BCUT2D eigenvalue weighted by Crippen LogP contribution is -1.93. The fourth-order valence-electron chi connectivity index (χ4n) is 2.63. The quantitative estimate of drug-likeness (QED) is 0.670. The summed E-state index contributed by atoms with van der Waals surface area (Å²) in [4.78, 5) is 0. The van der Waals surface area contributed by atoms with E-state index in [4.69, 9.17) is 0 Å². The highest BCUT2D eigenvalue weighted by Crippen LogP contribution is 2.38. The van der Waals surface area contributed by atoms with E-state index >= 15 is 0 Å². The Kier molecular flexibility index (Phi) is 2.87. The molecule has 0 aromatic heterocycles. The lowest BCUT2D eigenvalue weighted by Gasteiger charge is -2.14. The van der Waals surface area contributed by atoms with E-state index in [1.807, 2.05) is 0 Å². The van der Waals surface area contributed by atoms with Crippen molar-refractivity contribution in [2.75, 3.05) is 0 Å². The van der Waals surface area contributed by atoms with Gasteiger partial charge in [-0.2, -0.15) is 0 Å². The third-order valence-corrected chi connectivity index (χ3v) is 4.27. The van der Waals surface area contributed by atoms with Crippen LogP contribution in [-0.2, 0) is 6.42 Å². The molecular weight excluding hydrogens is 284 g/mol. The molecular formula is C17H15Br. The van der Waals surface area contributed by atoms with Gasteiger partial charge in [-0.1, -0.05) is 57.9 Å². The Labute approximate surface area is 116 Å². The maximum absolute atomic E-state index is 3.68. The Morgan fingerprint density at radius 3 is 2.50 bits per heavy atom. The summed E-state index contributed by atoms with van der Waals surface area (Å²) < 4.78 is 1.23. The minimum absolute atomic E-state index is 1.04. The molecule has 0 atom stereocenters. The van der Waals surface area contributed by atoms with E-state index in [9.17, 15) is 0 Å². The zero-order valence-electron chi connectivity index (χ0n) is 10.6. The fourth-order valence-corrected chi connectivity index (χ4v) is 3.35. The van der Waals surface area contributed by atoms with Crippen molar-refractivity contribution in [2.24, 2.45) is 0 Å². The fraction of sp³-hybridized carbons (Fsp3) is 0.176. The highest BCUT2D eigenvalue weighted by Gasteiger charge is 2.16. The molecule has 0 saturated carbocycles. The zero-order chi connectivity index (χ0) is 12.7. The van der Waals surface area contributed by atoms with Crippen LogP contribution in [0.4, 0.5) is 0 Å². The molecule has 0 amide bonds. The third kappa shape index (κ3) is 1.83. The largest absolute Gasteiger partial charge is 0.0794 e. The molecule has 0 spiro atoms. The van der Waals surface area contributed by atoms with Crippen LogP contribution in [0.15, 0.2) is 40.9 Å². The van der Waals surface area contributed by atoms with E-state index in [0.29, 0.717) is 0 Å². The molecule has 0 fully saturated rings. The summed E-state index contributed by atoms with van der Waals surface area (Å²) >= 11 is 3.68. The molecule has 18 heavy (non-hydrogen) atoms. The lowest BCUT2D eigenvalue weighted by molar-refractivity contribution is 1.27. The highest BCUT2D eigenvalue weighted by molar-refractivity contribution is 9.10. The average molecular weight is 299 g/mol. The molecule has 2 aromatic rings. The van der Waals surface area contributed by atoms with Gasteiger partial charge in [0.2, 0.25) is 0 Å².